The van der Waals surface area contributed by atoms with Gasteiger partial charge in [-0.2, -0.15) is 5.26 Å². The van der Waals surface area contributed by atoms with Crippen molar-refractivity contribution in [3.05, 3.63) is 0 Å². The molecule has 18 heavy (non-hydrogen) atoms. The number of hydrogen-bond acceptors (Lipinski definition) is 3. The van der Waals surface area contributed by atoms with E-state index in [4.69, 9.17) is 14.7 Å². The summed E-state index contributed by atoms with van der Waals surface area (Å²) in [5, 5.41) is 9.00. The number of nitrogens with zero attached hydrogens (tertiary/aromatic N) is 1. The molecule has 1 saturated carbocycles. The quantitative estimate of drug-likeness (QED) is 0.674. The van der Waals surface area contributed by atoms with Crippen LogP contribution in [0.25, 0.3) is 0 Å². The number of ether oxygens (including phenoxy) is 2. The molecule has 0 heterocycles. The molecule has 0 aliphatic heterocycles. The Morgan fingerprint density at radius 3 is 2.56 bits per heavy atom. The van der Waals surface area contributed by atoms with E-state index in [-0.39, 0.29) is 11.2 Å². The summed E-state index contributed by atoms with van der Waals surface area (Å²) in [4.78, 5) is 0. The highest BCUT2D eigenvalue weighted by atomic mass is 16.7. The predicted octanol–water partition coefficient (Wildman–Crippen LogP) is 3.89. The SMILES string of the molecule is COC1(OC)CCCC(CCCC(C)(C)C#N)C1. The Labute approximate surface area is 111 Å². The summed E-state index contributed by atoms with van der Waals surface area (Å²) in [7, 11) is 3.48. The summed E-state index contributed by atoms with van der Waals surface area (Å²) in [6.45, 7) is 4.03. The van der Waals surface area contributed by atoms with Gasteiger partial charge in [-0.15, -0.1) is 0 Å². The first-order valence-corrected chi connectivity index (χ1v) is 6.98. The van der Waals surface area contributed by atoms with Crippen molar-refractivity contribution in [1.82, 2.24) is 0 Å². The van der Waals surface area contributed by atoms with Crippen molar-refractivity contribution < 1.29 is 9.47 Å². The minimum atomic E-state index is -0.354. The van der Waals surface area contributed by atoms with Crippen LogP contribution in [-0.4, -0.2) is 20.0 Å². The van der Waals surface area contributed by atoms with E-state index in [2.05, 4.69) is 6.07 Å². The molecule has 0 N–H and O–H groups in total. The van der Waals surface area contributed by atoms with E-state index in [9.17, 15) is 0 Å². The third-order valence-electron chi connectivity index (χ3n) is 4.23. The molecule has 1 aliphatic carbocycles. The second-order valence-electron chi connectivity index (χ2n) is 6.17. The van der Waals surface area contributed by atoms with Gasteiger partial charge in [0.25, 0.3) is 0 Å². The Hall–Kier alpha value is -0.590. The first-order chi connectivity index (χ1) is 8.47. The summed E-state index contributed by atoms with van der Waals surface area (Å²) in [6, 6.07) is 2.37. The first-order valence-electron chi connectivity index (χ1n) is 6.98. The number of hydrogen-bond donors (Lipinski definition) is 0. The van der Waals surface area contributed by atoms with Crippen molar-refractivity contribution in [2.45, 2.75) is 64.6 Å². The van der Waals surface area contributed by atoms with Gasteiger partial charge in [-0.3, -0.25) is 0 Å². The smallest absolute Gasteiger partial charge is 0.167 e. The molecule has 1 fully saturated rings. The topological polar surface area (TPSA) is 42.2 Å². The Balaban J connectivity index is 2.38. The first kappa shape index (κ1) is 15.5. The lowest BCUT2D eigenvalue weighted by Crippen LogP contribution is -2.39. The van der Waals surface area contributed by atoms with Crippen LogP contribution < -0.4 is 0 Å². The Morgan fingerprint density at radius 2 is 2.00 bits per heavy atom. The number of rotatable bonds is 6. The van der Waals surface area contributed by atoms with Crippen LogP contribution in [0, 0.1) is 22.7 Å². The molecule has 1 aliphatic rings. The van der Waals surface area contributed by atoms with Gasteiger partial charge in [-0.05, 0) is 32.6 Å². The average molecular weight is 253 g/mol. The van der Waals surface area contributed by atoms with E-state index < -0.39 is 0 Å². The van der Waals surface area contributed by atoms with E-state index >= 15 is 0 Å². The van der Waals surface area contributed by atoms with Crippen LogP contribution in [0.4, 0.5) is 0 Å². The van der Waals surface area contributed by atoms with E-state index in [1.807, 2.05) is 13.8 Å². The summed E-state index contributed by atoms with van der Waals surface area (Å²) in [6.07, 6.45) is 7.71. The van der Waals surface area contributed by atoms with Crippen LogP contribution in [0.1, 0.15) is 58.8 Å². The summed E-state index contributed by atoms with van der Waals surface area (Å²) in [5.74, 6) is 0.321. The summed E-state index contributed by atoms with van der Waals surface area (Å²) in [5.41, 5.74) is -0.186. The van der Waals surface area contributed by atoms with Gasteiger partial charge in [0, 0.05) is 27.1 Å². The highest BCUT2D eigenvalue weighted by Gasteiger charge is 2.36. The molecule has 3 nitrogen and oxygen atoms in total. The lowest BCUT2D eigenvalue weighted by molar-refractivity contribution is -0.231. The monoisotopic (exact) mass is 253 g/mol. The molecule has 0 saturated heterocycles. The normalized spacial score (nSPS) is 23.6. The maximum atomic E-state index is 9.00. The molecular formula is C15H27NO2. The summed E-state index contributed by atoms with van der Waals surface area (Å²) >= 11 is 0. The third-order valence-corrected chi connectivity index (χ3v) is 4.23. The highest BCUT2D eigenvalue weighted by molar-refractivity contribution is 4.91. The zero-order chi connectivity index (χ0) is 13.6. The van der Waals surface area contributed by atoms with E-state index in [0.29, 0.717) is 5.92 Å². The zero-order valence-corrected chi connectivity index (χ0v) is 12.3. The third kappa shape index (κ3) is 4.26. The molecule has 0 aromatic heterocycles. The van der Waals surface area contributed by atoms with Crippen LogP contribution in [-0.2, 0) is 9.47 Å². The molecule has 0 amide bonds. The van der Waals surface area contributed by atoms with Gasteiger partial charge in [0.15, 0.2) is 5.79 Å². The van der Waals surface area contributed by atoms with E-state index in [0.717, 1.165) is 25.7 Å². The van der Waals surface area contributed by atoms with Gasteiger partial charge < -0.3 is 9.47 Å². The van der Waals surface area contributed by atoms with Gasteiger partial charge >= 0.3 is 0 Å². The molecule has 1 unspecified atom stereocenters. The maximum Gasteiger partial charge on any atom is 0.167 e. The molecule has 0 aromatic carbocycles. The van der Waals surface area contributed by atoms with Gasteiger partial charge in [-0.1, -0.05) is 19.3 Å². The van der Waals surface area contributed by atoms with Crippen LogP contribution in [0.3, 0.4) is 0 Å². The van der Waals surface area contributed by atoms with Crippen molar-refractivity contribution >= 4 is 0 Å². The minimum absolute atomic E-state index is 0.186. The molecule has 0 bridgehead atoms. The Morgan fingerprint density at radius 1 is 1.33 bits per heavy atom. The molecule has 0 spiro atoms. The molecule has 0 radical (unpaired) electrons. The molecule has 1 rings (SSSR count). The number of methoxy groups -OCH3 is 2. The van der Waals surface area contributed by atoms with Crippen molar-refractivity contribution in [1.29, 1.82) is 5.26 Å². The molecule has 104 valence electrons. The predicted molar refractivity (Wildman–Crippen MR) is 72.0 cm³/mol. The molecule has 0 aromatic rings. The second kappa shape index (κ2) is 6.54. The minimum Gasteiger partial charge on any atom is -0.353 e. The van der Waals surface area contributed by atoms with Gasteiger partial charge in [0.2, 0.25) is 0 Å². The van der Waals surface area contributed by atoms with Crippen molar-refractivity contribution in [2.75, 3.05) is 14.2 Å². The average Bonchev–Trinajstić information content (AvgIpc) is 2.39. The molecule has 1 atom stereocenters. The molecule has 3 heteroatoms. The van der Waals surface area contributed by atoms with Crippen LogP contribution in [0.15, 0.2) is 0 Å². The fourth-order valence-corrected chi connectivity index (χ4v) is 2.89. The highest BCUT2D eigenvalue weighted by Crippen LogP contribution is 2.38. The van der Waals surface area contributed by atoms with Crippen LogP contribution >= 0.6 is 0 Å². The lowest BCUT2D eigenvalue weighted by atomic mass is 9.80. The Bertz CT molecular complexity index is 289. The van der Waals surface area contributed by atoms with Gasteiger partial charge in [0.05, 0.1) is 11.5 Å². The van der Waals surface area contributed by atoms with Gasteiger partial charge in [0.1, 0.15) is 0 Å². The largest absolute Gasteiger partial charge is 0.353 e. The van der Waals surface area contributed by atoms with E-state index in [1.165, 1.54) is 19.3 Å². The second-order valence-corrected chi connectivity index (χ2v) is 6.17. The number of nitriles is 1. The fourth-order valence-electron chi connectivity index (χ4n) is 2.89. The van der Waals surface area contributed by atoms with Crippen molar-refractivity contribution in [2.24, 2.45) is 11.3 Å². The fraction of sp³-hybridized carbons (Fsp3) is 0.933. The zero-order valence-electron chi connectivity index (χ0n) is 12.3. The summed E-state index contributed by atoms with van der Waals surface area (Å²) < 4.78 is 11.1. The standard InChI is InChI=1S/C15H27NO2/c1-14(2,12-16)9-5-7-13-8-6-10-15(11-13,17-3)18-4/h13H,5-11H2,1-4H3. The van der Waals surface area contributed by atoms with Gasteiger partial charge in [-0.25, -0.2) is 0 Å². The Kier molecular flexibility index (Phi) is 5.62. The molecular weight excluding hydrogens is 226 g/mol. The van der Waals surface area contributed by atoms with Crippen molar-refractivity contribution in [3.63, 3.8) is 0 Å². The maximum absolute atomic E-state index is 9.00. The lowest BCUT2D eigenvalue weighted by Gasteiger charge is -2.38. The van der Waals surface area contributed by atoms with Crippen molar-refractivity contribution in [3.8, 4) is 6.07 Å². The van der Waals surface area contributed by atoms with Crippen LogP contribution in [0.5, 0.6) is 0 Å². The van der Waals surface area contributed by atoms with Crippen LogP contribution in [0.2, 0.25) is 0 Å². The van der Waals surface area contributed by atoms with E-state index in [1.54, 1.807) is 14.2 Å².